The molecule has 26 heavy (non-hydrogen) atoms. The topological polar surface area (TPSA) is 64.9 Å². The summed E-state index contributed by atoms with van der Waals surface area (Å²) in [5.41, 5.74) is 1.96. The van der Waals surface area contributed by atoms with Crippen LogP contribution in [0.4, 0.5) is 5.95 Å². The summed E-state index contributed by atoms with van der Waals surface area (Å²) in [5, 5.41) is 15.9. The second-order valence-electron chi connectivity index (χ2n) is 5.50. The Morgan fingerprint density at radius 2 is 1.96 bits per heavy atom. The van der Waals surface area contributed by atoms with Gasteiger partial charge in [-0.05, 0) is 40.3 Å². The van der Waals surface area contributed by atoms with Gasteiger partial charge < -0.3 is 10.1 Å². The molecule has 0 aliphatic rings. The Morgan fingerprint density at radius 1 is 1.15 bits per heavy atom. The first-order valence-electron chi connectivity index (χ1n) is 7.92. The highest BCUT2D eigenvalue weighted by Crippen LogP contribution is 2.23. The van der Waals surface area contributed by atoms with Crippen LogP contribution < -0.4 is 10.1 Å². The first-order valence-corrected chi connectivity index (χ1v) is 8.68. The van der Waals surface area contributed by atoms with Crippen molar-refractivity contribution in [2.75, 3.05) is 5.32 Å². The van der Waals surface area contributed by atoms with E-state index in [0.29, 0.717) is 35.7 Å². The zero-order valence-electron chi connectivity index (χ0n) is 13.9. The molecule has 0 saturated carbocycles. The van der Waals surface area contributed by atoms with E-state index in [1.807, 2.05) is 30.3 Å². The molecule has 8 heteroatoms. The fraction of sp³-hybridized carbons (Fsp3) is 0.167. The molecule has 1 N–H and O–H groups in total. The number of tetrazole rings is 1. The number of aromatic nitrogens is 4. The van der Waals surface area contributed by atoms with Gasteiger partial charge in [0.2, 0.25) is 5.95 Å². The van der Waals surface area contributed by atoms with Crippen molar-refractivity contribution >= 4 is 29.2 Å². The average molecular weight is 390 g/mol. The molecule has 2 aromatic carbocycles. The summed E-state index contributed by atoms with van der Waals surface area (Å²) in [6, 6.07) is 13.1. The van der Waals surface area contributed by atoms with E-state index in [1.165, 1.54) is 0 Å². The second-order valence-corrected chi connectivity index (χ2v) is 6.34. The van der Waals surface area contributed by atoms with E-state index in [2.05, 4.69) is 27.4 Å². The van der Waals surface area contributed by atoms with Gasteiger partial charge in [0.1, 0.15) is 12.4 Å². The van der Waals surface area contributed by atoms with Crippen LogP contribution >= 0.6 is 23.2 Å². The zero-order chi connectivity index (χ0) is 18.4. The molecule has 0 aliphatic carbocycles. The number of ether oxygens (including phenoxy) is 1. The molecule has 0 amide bonds. The maximum atomic E-state index is 6.15. The Bertz CT molecular complexity index is 880. The van der Waals surface area contributed by atoms with Crippen LogP contribution in [0.25, 0.3) is 0 Å². The van der Waals surface area contributed by atoms with Crippen LogP contribution in [0.1, 0.15) is 11.1 Å². The number of nitrogens with one attached hydrogen (secondary N) is 1. The maximum Gasteiger partial charge on any atom is 0.243 e. The van der Waals surface area contributed by atoms with Crippen LogP contribution in [-0.4, -0.2) is 20.2 Å². The van der Waals surface area contributed by atoms with E-state index in [0.717, 1.165) is 16.9 Å². The standard InChI is InChI=1S/C18H17Cl2N5O/c1-2-9-25-18(22-23-24-25)21-11-13-3-7-16(8-4-13)26-12-14-5-6-15(19)10-17(14)20/h2-8,10H,1,9,11-12H2,(H,21,22,24). The molecular weight excluding hydrogens is 373 g/mol. The van der Waals surface area contributed by atoms with Crippen molar-refractivity contribution < 1.29 is 4.74 Å². The van der Waals surface area contributed by atoms with Gasteiger partial charge in [0, 0.05) is 22.2 Å². The van der Waals surface area contributed by atoms with E-state index in [9.17, 15) is 0 Å². The molecule has 0 unspecified atom stereocenters. The molecule has 1 aromatic heterocycles. The number of halogens is 2. The summed E-state index contributed by atoms with van der Waals surface area (Å²) < 4.78 is 7.41. The summed E-state index contributed by atoms with van der Waals surface area (Å²) in [7, 11) is 0. The average Bonchev–Trinajstić information content (AvgIpc) is 3.08. The summed E-state index contributed by atoms with van der Waals surface area (Å²) in [4.78, 5) is 0. The Morgan fingerprint density at radius 3 is 2.69 bits per heavy atom. The normalized spacial score (nSPS) is 10.5. The summed E-state index contributed by atoms with van der Waals surface area (Å²) in [6.45, 7) is 5.21. The third-order valence-corrected chi connectivity index (χ3v) is 4.20. The van der Waals surface area contributed by atoms with E-state index in [1.54, 1.807) is 22.9 Å². The number of anilines is 1. The van der Waals surface area contributed by atoms with Crippen LogP contribution in [0.2, 0.25) is 10.0 Å². The van der Waals surface area contributed by atoms with Crippen LogP contribution in [0.5, 0.6) is 5.75 Å². The first-order chi connectivity index (χ1) is 12.7. The predicted octanol–water partition coefficient (Wildman–Crippen LogP) is 4.36. The van der Waals surface area contributed by atoms with E-state index >= 15 is 0 Å². The molecule has 3 aromatic rings. The number of hydrogen-bond acceptors (Lipinski definition) is 5. The first kappa shape index (κ1) is 18.2. The molecular formula is C18H17Cl2N5O. The molecule has 0 saturated heterocycles. The van der Waals surface area contributed by atoms with Gasteiger partial charge in [-0.1, -0.05) is 52.6 Å². The number of allylic oxidation sites excluding steroid dienone is 1. The van der Waals surface area contributed by atoms with Crippen LogP contribution in [0.3, 0.4) is 0 Å². The van der Waals surface area contributed by atoms with Crippen LogP contribution in [0.15, 0.2) is 55.1 Å². The van der Waals surface area contributed by atoms with E-state index in [-0.39, 0.29) is 0 Å². The lowest BCUT2D eigenvalue weighted by Gasteiger charge is -2.09. The quantitative estimate of drug-likeness (QED) is 0.579. The van der Waals surface area contributed by atoms with Gasteiger partial charge in [-0.25, -0.2) is 4.68 Å². The van der Waals surface area contributed by atoms with Crippen molar-refractivity contribution in [3.05, 3.63) is 76.3 Å². The second kappa shape index (κ2) is 8.69. The summed E-state index contributed by atoms with van der Waals surface area (Å²) in [6.07, 6.45) is 1.74. The number of benzene rings is 2. The fourth-order valence-electron chi connectivity index (χ4n) is 2.26. The predicted molar refractivity (Wildman–Crippen MR) is 103 cm³/mol. The van der Waals surface area contributed by atoms with Crippen molar-refractivity contribution in [3.8, 4) is 5.75 Å². The van der Waals surface area contributed by atoms with Crippen LogP contribution in [0, 0.1) is 0 Å². The third kappa shape index (κ3) is 4.74. The Kier molecular flexibility index (Phi) is 6.09. The highest BCUT2D eigenvalue weighted by Gasteiger charge is 2.05. The highest BCUT2D eigenvalue weighted by atomic mass is 35.5. The van der Waals surface area contributed by atoms with Gasteiger partial charge in [0.05, 0.1) is 6.54 Å². The lowest BCUT2D eigenvalue weighted by molar-refractivity contribution is 0.306. The Labute approximate surface area is 161 Å². The number of hydrogen-bond donors (Lipinski definition) is 1. The molecule has 0 bridgehead atoms. The van der Waals surface area contributed by atoms with Crippen molar-refractivity contribution in [2.45, 2.75) is 19.7 Å². The maximum absolute atomic E-state index is 6.15. The van der Waals surface area contributed by atoms with Gasteiger partial charge >= 0.3 is 0 Å². The molecule has 1 heterocycles. The number of nitrogens with zero attached hydrogens (tertiary/aromatic N) is 4. The smallest absolute Gasteiger partial charge is 0.243 e. The van der Waals surface area contributed by atoms with Crippen molar-refractivity contribution in [3.63, 3.8) is 0 Å². The summed E-state index contributed by atoms with van der Waals surface area (Å²) in [5.74, 6) is 1.36. The third-order valence-electron chi connectivity index (χ3n) is 3.62. The highest BCUT2D eigenvalue weighted by molar-refractivity contribution is 6.35. The monoisotopic (exact) mass is 389 g/mol. The SMILES string of the molecule is C=CCn1nnnc1NCc1ccc(OCc2ccc(Cl)cc2Cl)cc1. The molecule has 6 nitrogen and oxygen atoms in total. The van der Waals surface area contributed by atoms with Crippen molar-refractivity contribution in [1.82, 2.24) is 20.2 Å². The van der Waals surface area contributed by atoms with Crippen LogP contribution in [-0.2, 0) is 19.7 Å². The fourth-order valence-corrected chi connectivity index (χ4v) is 2.72. The Hall–Kier alpha value is -2.57. The van der Waals surface area contributed by atoms with E-state index < -0.39 is 0 Å². The minimum absolute atomic E-state index is 0.379. The van der Waals surface area contributed by atoms with Gasteiger partial charge in [-0.2, -0.15) is 0 Å². The summed E-state index contributed by atoms with van der Waals surface area (Å²) >= 11 is 12.0. The molecule has 0 radical (unpaired) electrons. The molecule has 0 aliphatic heterocycles. The van der Waals surface area contributed by atoms with Gasteiger partial charge in [-0.15, -0.1) is 6.58 Å². The lowest BCUT2D eigenvalue weighted by atomic mass is 10.2. The van der Waals surface area contributed by atoms with Gasteiger partial charge in [-0.3, -0.25) is 0 Å². The molecule has 134 valence electrons. The van der Waals surface area contributed by atoms with Crippen molar-refractivity contribution in [1.29, 1.82) is 0 Å². The van der Waals surface area contributed by atoms with E-state index in [4.69, 9.17) is 27.9 Å². The van der Waals surface area contributed by atoms with Crippen molar-refractivity contribution in [2.24, 2.45) is 0 Å². The largest absolute Gasteiger partial charge is 0.489 e. The molecule has 3 rings (SSSR count). The molecule has 0 spiro atoms. The molecule has 0 atom stereocenters. The van der Waals surface area contributed by atoms with Gasteiger partial charge in [0.15, 0.2) is 0 Å². The Balaban J connectivity index is 1.54. The molecule has 0 fully saturated rings. The van der Waals surface area contributed by atoms with Gasteiger partial charge in [0.25, 0.3) is 0 Å². The zero-order valence-corrected chi connectivity index (χ0v) is 15.4. The lowest BCUT2D eigenvalue weighted by Crippen LogP contribution is -2.08. The number of rotatable bonds is 8. The minimum atomic E-state index is 0.379. The minimum Gasteiger partial charge on any atom is -0.489 e.